The minimum absolute atomic E-state index is 0.887. The molecule has 222 valence electrons. The molecule has 11 aromatic rings. The van der Waals surface area contributed by atoms with E-state index in [4.69, 9.17) is 8.83 Å². The Bertz CT molecular complexity index is 3060. The fraction of sp³-hybridized carbons (Fsp3) is 0. The lowest BCUT2D eigenvalue weighted by Gasteiger charge is -2.18. The molecular weight excluding hydrogens is 585 g/mol. The van der Waals surface area contributed by atoms with E-state index in [1.165, 1.54) is 54.4 Å². The molecule has 2 aromatic heterocycles. The first-order valence-corrected chi connectivity index (χ1v) is 16.4. The predicted molar refractivity (Wildman–Crippen MR) is 202 cm³/mol. The molecule has 0 aliphatic rings. The molecule has 0 atom stereocenters. The van der Waals surface area contributed by atoms with Crippen molar-refractivity contribution in [3.05, 3.63) is 158 Å². The molecule has 0 bridgehead atoms. The van der Waals surface area contributed by atoms with Crippen molar-refractivity contribution < 1.29 is 8.83 Å². The van der Waals surface area contributed by atoms with E-state index in [0.717, 1.165) is 54.8 Å². The normalized spacial score (nSPS) is 12.2. The molecule has 0 aliphatic carbocycles. The largest absolute Gasteiger partial charge is 0.456 e. The highest BCUT2D eigenvalue weighted by Gasteiger charge is 2.20. The molecule has 0 radical (unpaired) electrons. The molecule has 48 heavy (non-hydrogen) atoms. The van der Waals surface area contributed by atoms with Gasteiger partial charge in [0.25, 0.3) is 0 Å². The van der Waals surface area contributed by atoms with E-state index in [9.17, 15) is 0 Å². The zero-order valence-electron chi connectivity index (χ0n) is 25.8. The predicted octanol–water partition coefficient (Wildman–Crippen LogP) is 13.4. The van der Waals surface area contributed by atoms with E-state index in [1.54, 1.807) is 0 Å². The molecule has 0 saturated heterocycles. The van der Waals surface area contributed by atoms with Gasteiger partial charge in [-0.2, -0.15) is 0 Å². The molecule has 0 spiro atoms. The van der Waals surface area contributed by atoms with E-state index in [2.05, 4.69) is 146 Å². The highest BCUT2D eigenvalue weighted by Crippen LogP contribution is 2.46. The maximum atomic E-state index is 6.65. The molecule has 0 unspecified atom stereocenters. The van der Waals surface area contributed by atoms with Gasteiger partial charge in [-0.15, -0.1) is 0 Å². The van der Waals surface area contributed by atoms with E-state index in [1.807, 2.05) is 12.1 Å². The Labute approximate surface area is 275 Å². The maximum absolute atomic E-state index is 6.65. The second-order valence-corrected chi connectivity index (χ2v) is 12.8. The molecular formula is C46H26O2. The van der Waals surface area contributed by atoms with E-state index >= 15 is 0 Å². The smallest absolute Gasteiger partial charge is 0.136 e. The Hall–Kier alpha value is -6.38. The van der Waals surface area contributed by atoms with Crippen LogP contribution in [0.15, 0.2) is 167 Å². The lowest BCUT2D eigenvalue weighted by atomic mass is 9.84. The van der Waals surface area contributed by atoms with Crippen molar-refractivity contribution in [1.29, 1.82) is 0 Å². The third-order valence-electron chi connectivity index (χ3n) is 10.2. The van der Waals surface area contributed by atoms with Gasteiger partial charge in [0.15, 0.2) is 0 Å². The van der Waals surface area contributed by atoms with Crippen LogP contribution in [0.2, 0.25) is 0 Å². The third-order valence-corrected chi connectivity index (χ3v) is 10.2. The monoisotopic (exact) mass is 610 g/mol. The van der Waals surface area contributed by atoms with Crippen molar-refractivity contribution >= 4 is 87.0 Å². The van der Waals surface area contributed by atoms with Crippen molar-refractivity contribution in [1.82, 2.24) is 0 Å². The molecule has 2 nitrogen and oxygen atoms in total. The topological polar surface area (TPSA) is 26.3 Å². The average Bonchev–Trinajstić information content (AvgIpc) is 3.70. The molecule has 11 rings (SSSR count). The van der Waals surface area contributed by atoms with Gasteiger partial charge in [-0.3, -0.25) is 0 Å². The number of furan rings is 2. The first kappa shape index (κ1) is 25.8. The Balaban J connectivity index is 1.19. The summed E-state index contributed by atoms with van der Waals surface area (Å²) < 4.78 is 12.9. The van der Waals surface area contributed by atoms with Crippen molar-refractivity contribution in [2.45, 2.75) is 0 Å². The van der Waals surface area contributed by atoms with Crippen LogP contribution in [0.3, 0.4) is 0 Å². The van der Waals surface area contributed by atoms with Crippen LogP contribution in [0.4, 0.5) is 0 Å². The van der Waals surface area contributed by atoms with Crippen LogP contribution in [-0.4, -0.2) is 0 Å². The Morgan fingerprint density at radius 2 is 0.917 bits per heavy atom. The van der Waals surface area contributed by atoms with Crippen LogP contribution < -0.4 is 0 Å². The summed E-state index contributed by atoms with van der Waals surface area (Å²) in [6.45, 7) is 0. The van der Waals surface area contributed by atoms with Crippen molar-refractivity contribution in [2.24, 2.45) is 0 Å². The fourth-order valence-electron chi connectivity index (χ4n) is 8.15. The number of hydrogen-bond acceptors (Lipinski definition) is 2. The maximum Gasteiger partial charge on any atom is 0.136 e. The van der Waals surface area contributed by atoms with Gasteiger partial charge < -0.3 is 8.83 Å². The number of para-hydroxylation sites is 1. The highest BCUT2D eigenvalue weighted by atomic mass is 16.3. The number of rotatable bonds is 2. The standard InChI is InChI=1S/C46H26O2/c1-2-12-30-27(10-1)11-9-18-32(30)45-35-16-5-3-14-33(35)44(34-15-4-6-17-36(34)45)29-20-22-37-42(25-29)48-41-23-21-28-24-43-39(26-38(28)46(37)41)31-13-7-8-19-40(31)47-43/h1-26H. The van der Waals surface area contributed by atoms with Crippen LogP contribution >= 0.6 is 0 Å². The summed E-state index contributed by atoms with van der Waals surface area (Å²) in [6.07, 6.45) is 0. The van der Waals surface area contributed by atoms with Gasteiger partial charge in [-0.25, -0.2) is 0 Å². The van der Waals surface area contributed by atoms with Crippen LogP contribution in [-0.2, 0) is 0 Å². The third kappa shape index (κ3) is 3.52. The van der Waals surface area contributed by atoms with Gasteiger partial charge in [-0.05, 0) is 102 Å². The zero-order valence-corrected chi connectivity index (χ0v) is 25.8. The lowest BCUT2D eigenvalue weighted by Crippen LogP contribution is -1.91. The summed E-state index contributed by atoms with van der Waals surface area (Å²) in [5.41, 5.74) is 8.49. The minimum atomic E-state index is 0.887. The molecule has 0 saturated carbocycles. The van der Waals surface area contributed by atoms with Gasteiger partial charge in [-0.1, -0.05) is 121 Å². The van der Waals surface area contributed by atoms with Crippen molar-refractivity contribution in [2.75, 3.05) is 0 Å². The zero-order chi connectivity index (χ0) is 31.3. The van der Waals surface area contributed by atoms with E-state index in [0.29, 0.717) is 0 Å². The van der Waals surface area contributed by atoms with Gasteiger partial charge in [0.1, 0.15) is 22.3 Å². The summed E-state index contributed by atoms with van der Waals surface area (Å²) in [5, 5.41) is 14.3. The Morgan fingerprint density at radius 3 is 1.71 bits per heavy atom. The molecule has 0 fully saturated rings. The van der Waals surface area contributed by atoms with E-state index < -0.39 is 0 Å². The molecule has 0 aliphatic heterocycles. The van der Waals surface area contributed by atoms with Crippen LogP contribution in [0.25, 0.3) is 109 Å². The van der Waals surface area contributed by atoms with Gasteiger partial charge in [0, 0.05) is 21.5 Å². The average molecular weight is 611 g/mol. The number of hydrogen-bond donors (Lipinski definition) is 0. The SMILES string of the molecule is c1ccc2c(-c3c4ccccc4c(-c4ccc5c(c4)oc4ccc6cc7oc8ccccc8c7cc6c45)c4ccccc34)cccc2c1. The van der Waals surface area contributed by atoms with Crippen LogP contribution in [0, 0.1) is 0 Å². The Kier molecular flexibility index (Phi) is 5.14. The van der Waals surface area contributed by atoms with Crippen molar-refractivity contribution in [3.8, 4) is 22.3 Å². The van der Waals surface area contributed by atoms with Gasteiger partial charge >= 0.3 is 0 Å². The van der Waals surface area contributed by atoms with E-state index in [-0.39, 0.29) is 0 Å². The molecule has 2 heterocycles. The summed E-state index contributed by atoms with van der Waals surface area (Å²) >= 11 is 0. The van der Waals surface area contributed by atoms with Crippen LogP contribution in [0.1, 0.15) is 0 Å². The highest BCUT2D eigenvalue weighted by molar-refractivity contribution is 6.25. The quantitative estimate of drug-likeness (QED) is 0.182. The Morgan fingerprint density at radius 1 is 0.292 bits per heavy atom. The van der Waals surface area contributed by atoms with Gasteiger partial charge in [0.2, 0.25) is 0 Å². The second-order valence-electron chi connectivity index (χ2n) is 12.8. The molecule has 9 aromatic carbocycles. The molecule has 0 amide bonds. The van der Waals surface area contributed by atoms with Crippen LogP contribution in [0.5, 0.6) is 0 Å². The second kappa shape index (κ2) is 9.57. The van der Waals surface area contributed by atoms with Crippen molar-refractivity contribution in [3.63, 3.8) is 0 Å². The summed E-state index contributed by atoms with van der Waals surface area (Å²) in [6, 6.07) is 56.7. The first-order chi connectivity index (χ1) is 23.8. The minimum Gasteiger partial charge on any atom is -0.456 e. The molecule has 2 heteroatoms. The fourth-order valence-corrected chi connectivity index (χ4v) is 8.15. The molecule has 0 N–H and O–H groups in total. The summed E-state index contributed by atoms with van der Waals surface area (Å²) in [4.78, 5) is 0. The summed E-state index contributed by atoms with van der Waals surface area (Å²) in [7, 11) is 0. The number of benzene rings is 9. The van der Waals surface area contributed by atoms with Gasteiger partial charge in [0.05, 0.1) is 0 Å². The first-order valence-electron chi connectivity index (χ1n) is 16.4. The lowest BCUT2D eigenvalue weighted by molar-refractivity contribution is 0.668. The summed E-state index contributed by atoms with van der Waals surface area (Å²) in [5.74, 6) is 0. The number of fused-ring (bicyclic) bond motifs is 11.